The van der Waals surface area contributed by atoms with Gasteiger partial charge in [-0.25, -0.2) is 13.2 Å². The summed E-state index contributed by atoms with van der Waals surface area (Å²) >= 11 is 6.14. The van der Waals surface area contributed by atoms with Crippen LogP contribution in [0.25, 0.3) is 0 Å². The molecular weight excluding hydrogens is 492 g/mol. The summed E-state index contributed by atoms with van der Waals surface area (Å²) in [5.74, 6) is -2.46. The molecule has 2 amide bonds. The van der Waals surface area contributed by atoms with E-state index in [2.05, 4.69) is 10.6 Å². The average Bonchev–Trinajstić information content (AvgIpc) is 2.79. The molecule has 0 spiro atoms. The van der Waals surface area contributed by atoms with Crippen molar-refractivity contribution in [2.75, 3.05) is 11.6 Å². The van der Waals surface area contributed by atoms with Crippen LogP contribution in [-0.4, -0.2) is 43.6 Å². The summed E-state index contributed by atoms with van der Waals surface area (Å²) in [5.41, 5.74) is 2.02. The molecule has 3 aromatic rings. The monoisotopic (exact) mass is 514 g/mol. The number of benzene rings is 3. The zero-order valence-corrected chi connectivity index (χ0v) is 20.5. The molecule has 182 valence electrons. The van der Waals surface area contributed by atoms with Crippen molar-refractivity contribution in [3.63, 3.8) is 0 Å². The van der Waals surface area contributed by atoms with Gasteiger partial charge in [-0.2, -0.15) is 0 Å². The Labute approximate surface area is 207 Å². The summed E-state index contributed by atoms with van der Waals surface area (Å²) in [7, 11) is -3.68. The maximum atomic E-state index is 12.7. The molecule has 0 saturated carbocycles. The second-order valence-electron chi connectivity index (χ2n) is 7.92. The van der Waals surface area contributed by atoms with Gasteiger partial charge in [0.15, 0.2) is 9.84 Å². The van der Waals surface area contributed by atoms with Gasteiger partial charge < -0.3 is 15.7 Å². The van der Waals surface area contributed by atoms with Gasteiger partial charge in [0.1, 0.15) is 6.04 Å². The predicted octanol–water partition coefficient (Wildman–Crippen LogP) is 3.73. The first-order valence-corrected chi connectivity index (χ1v) is 12.7. The molecule has 0 aliphatic heterocycles. The summed E-state index contributed by atoms with van der Waals surface area (Å²) in [5, 5.41) is 15.1. The Morgan fingerprint density at radius 1 is 0.943 bits per heavy atom. The Kier molecular flexibility index (Phi) is 7.93. The molecule has 0 heterocycles. The van der Waals surface area contributed by atoms with Crippen molar-refractivity contribution >= 4 is 44.9 Å². The predicted molar refractivity (Wildman–Crippen MR) is 133 cm³/mol. The van der Waals surface area contributed by atoms with Crippen LogP contribution in [-0.2, 0) is 21.1 Å². The number of rotatable bonds is 8. The molecule has 0 radical (unpaired) electrons. The third-order valence-electron chi connectivity index (χ3n) is 5.24. The molecule has 0 bridgehead atoms. The molecule has 10 heteroatoms. The third kappa shape index (κ3) is 6.46. The first kappa shape index (κ1) is 25.9. The Balaban J connectivity index is 1.72. The zero-order chi connectivity index (χ0) is 25.8. The largest absolute Gasteiger partial charge is 0.480 e. The lowest BCUT2D eigenvalue weighted by Crippen LogP contribution is -2.42. The van der Waals surface area contributed by atoms with Gasteiger partial charge in [-0.3, -0.25) is 9.59 Å². The minimum atomic E-state index is -3.68. The van der Waals surface area contributed by atoms with Gasteiger partial charge >= 0.3 is 5.97 Å². The molecule has 8 nitrogen and oxygen atoms in total. The minimum absolute atomic E-state index is 0.0556. The van der Waals surface area contributed by atoms with Crippen molar-refractivity contribution in [3.05, 3.63) is 94.0 Å². The van der Waals surface area contributed by atoms with Gasteiger partial charge in [0.2, 0.25) is 0 Å². The number of hydrogen-bond donors (Lipinski definition) is 3. The zero-order valence-electron chi connectivity index (χ0n) is 18.9. The van der Waals surface area contributed by atoms with Crippen LogP contribution in [0.1, 0.15) is 31.8 Å². The van der Waals surface area contributed by atoms with Crippen LogP contribution < -0.4 is 10.6 Å². The van der Waals surface area contributed by atoms with E-state index in [1.54, 1.807) is 49.4 Å². The highest BCUT2D eigenvalue weighted by molar-refractivity contribution is 7.90. The number of carboxylic acid groups (broad SMARTS) is 1. The first-order chi connectivity index (χ1) is 16.5. The maximum absolute atomic E-state index is 12.7. The van der Waals surface area contributed by atoms with E-state index in [9.17, 15) is 27.9 Å². The van der Waals surface area contributed by atoms with Crippen LogP contribution in [0, 0.1) is 6.92 Å². The Bertz CT molecular complexity index is 1370. The second kappa shape index (κ2) is 10.7. The molecule has 3 aromatic carbocycles. The van der Waals surface area contributed by atoms with Gasteiger partial charge in [-0.15, -0.1) is 0 Å². The fraction of sp³-hybridized carbons (Fsp3) is 0.160. The van der Waals surface area contributed by atoms with Gasteiger partial charge in [0, 0.05) is 18.4 Å². The number of hydrogen-bond acceptors (Lipinski definition) is 5. The van der Waals surface area contributed by atoms with Crippen LogP contribution in [0.15, 0.2) is 71.6 Å². The average molecular weight is 515 g/mol. The Morgan fingerprint density at radius 2 is 1.60 bits per heavy atom. The standard InChI is InChI=1S/C25H23ClN2O6S/c1-15-6-5-8-19(26)22(15)24(30)27-17-12-10-16(11-13-17)14-20(25(31)32)28-23(29)18-7-3-4-9-21(18)35(2,33)34/h3-13,20H,14H2,1-2H3,(H,27,30)(H,28,29)(H,31,32). The summed E-state index contributed by atoms with van der Waals surface area (Å²) in [6.07, 6.45) is 0.918. The molecule has 1 unspecified atom stereocenters. The molecule has 3 N–H and O–H groups in total. The molecule has 3 rings (SSSR count). The normalized spacial score (nSPS) is 12.0. The van der Waals surface area contributed by atoms with Crippen molar-refractivity contribution in [1.29, 1.82) is 0 Å². The molecule has 0 fully saturated rings. The van der Waals surface area contributed by atoms with Crippen molar-refractivity contribution in [3.8, 4) is 0 Å². The SMILES string of the molecule is Cc1cccc(Cl)c1C(=O)Nc1ccc(CC(NC(=O)c2ccccc2S(C)(=O)=O)C(=O)O)cc1. The van der Waals surface area contributed by atoms with Crippen LogP contribution in [0.4, 0.5) is 5.69 Å². The van der Waals surface area contributed by atoms with Crippen molar-refractivity contribution < 1.29 is 27.9 Å². The highest BCUT2D eigenvalue weighted by Crippen LogP contribution is 2.22. The van der Waals surface area contributed by atoms with Crippen molar-refractivity contribution in [2.45, 2.75) is 24.3 Å². The van der Waals surface area contributed by atoms with Crippen LogP contribution in [0.3, 0.4) is 0 Å². The molecular formula is C25H23ClN2O6S. The maximum Gasteiger partial charge on any atom is 0.326 e. The number of nitrogens with one attached hydrogen (secondary N) is 2. The highest BCUT2D eigenvalue weighted by Gasteiger charge is 2.24. The van der Waals surface area contributed by atoms with E-state index in [0.29, 0.717) is 21.8 Å². The van der Waals surface area contributed by atoms with Gasteiger partial charge in [0.25, 0.3) is 11.8 Å². The smallest absolute Gasteiger partial charge is 0.326 e. The van der Waals surface area contributed by atoms with Gasteiger partial charge in [-0.05, 0) is 48.4 Å². The van der Waals surface area contributed by atoms with Crippen molar-refractivity contribution in [1.82, 2.24) is 5.32 Å². The number of halogens is 1. The van der Waals surface area contributed by atoms with Crippen LogP contribution >= 0.6 is 11.6 Å². The van der Waals surface area contributed by atoms with E-state index in [0.717, 1.165) is 11.8 Å². The molecule has 0 aliphatic rings. The highest BCUT2D eigenvalue weighted by atomic mass is 35.5. The topological polar surface area (TPSA) is 130 Å². The summed E-state index contributed by atoms with van der Waals surface area (Å²) in [4.78, 5) is 36.9. The Morgan fingerprint density at radius 3 is 2.20 bits per heavy atom. The number of aryl methyl sites for hydroxylation is 1. The van der Waals surface area contributed by atoms with E-state index in [1.807, 2.05) is 0 Å². The Hall–Kier alpha value is -3.69. The molecule has 0 saturated heterocycles. The summed E-state index contributed by atoms with van der Waals surface area (Å²) in [6.45, 7) is 1.78. The van der Waals surface area contributed by atoms with E-state index >= 15 is 0 Å². The number of carboxylic acids is 1. The molecule has 35 heavy (non-hydrogen) atoms. The van der Waals surface area contributed by atoms with Gasteiger partial charge in [-0.1, -0.05) is 48.0 Å². The van der Waals surface area contributed by atoms with Crippen LogP contribution in [0.2, 0.25) is 5.02 Å². The summed E-state index contributed by atoms with van der Waals surface area (Å²) in [6, 6.07) is 15.9. The fourth-order valence-electron chi connectivity index (χ4n) is 3.49. The van der Waals surface area contributed by atoms with E-state index in [1.165, 1.54) is 24.3 Å². The third-order valence-corrected chi connectivity index (χ3v) is 6.71. The van der Waals surface area contributed by atoms with Gasteiger partial charge in [0.05, 0.1) is 21.0 Å². The molecule has 1 atom stereocenters. The number of aliphatic carboxylic acids is 1. The number of carbonyl (C=O) groups is 3. The molecule has 0 aromatic heterocycles. The van der Waals surface area contributed by atoms with Crippen LogP contribution in [0.5, 0.6) is 0 Å². The number of anilines is 1. The number of amides is 2. The van der Waals surface area contributed by atoms with E-state index in [-0.39, 0.29) is 22.8 Å². The quantitative estimate of drug-likeness (QED) is 0.420. The van der Waals surface area contributed by atoms with Crippen molar-refractivity contribution in [2.24, 2.45) is 0 Å². The second-order valence-corrected chi connectivity index (χ2v) is 10.3. The lowest BCUT2D eigenvalue weighted by atomic mass is 10.0. The number of carbonyl (C=O) groups excluding carboxylic acids is 2. The summed E-state index contributed by atoms with van der Waals surface area (Å²) < 4.78 is 23.9. The first-order valence-electron chi connectivity index (χ1n) is 10.5. The van der Waals surface area contributed by atoms with E-state index < -0.39 is 27.8 Å². The minimum Gasteiger partial charge on any atom is -0.480 e. The number of sulfone groups is 1. The lowest BCUT2D eigenvalue weighted by molar-refractivity contribution is -0.139. The fourth-order valence-corrected chi connectivity index (χ4v) is 4.68. The lowest BCUT2D eigenvalue weighted by Gasteiger charge is -2.16. The van der Waals surface area contributed by atoms with E-state index in [4.69, 9.17) is 11.6 Å². The molecule has 0 aliphatic carbocycles.